The van der Waals surface area contributed by atoms with Gasteiger partial charge in [-0.1, -0.05) is 6.08 Å². The van der Waals surface area contributed by atoms with Crippen LogP contribution in [0.15, 0.2) is 47.2 Å². The van der Waals surface area contributed by atoms with E-state index in [2.05, 4.69) is 15.1 Å². The molecule has 0 amide bonds. The van der Waals surface area contributed by atoms with Crippen LogP contribution in [-0.4, -0.2) is 37.6 Å². The molecule has 0 radical (unpaired) electrons. The van der Waals surface area contributed by atoms with Gasteiger partial charge in [0, 0.05) is 37.3 Å². The zero-order valence-corrected chi connectivity index (χ0v) is 16.2. The van der Waals surface area contributed by atoms with Crippen LogP contribution in [0.3, 0.4) is 0 Å². The van der Waals surface area contributed by atoms with Crippen LogP contribution in [0.4, 0.5) is 19.0 Å². The topological polar surface area (TPSA) is 85.5 Å². The first kappa shape index (κ1) is 19.3. The Bertz CT molecular complexity index is 1280. The van der Waals surface area contributed by atoms with E-state index in [1.807, 2.05) is 11.0 Å². The first-order valence-corrected chi connectivity index (χ1v) is 9.60. The standard InChI is InChI=1S/C21H17F3N6O/c22-13-8-15(23)14(16(24)9-13)10-29-5-3-12(4-6-29)17-11-30-21(19(25)26-17)27-20(28-30)18-2-1-7-31-18/h1-3,7-9,11H,4-6,10H2,(H2,25,26). The Kier molecular flexibility index (Phi) is 4.70. The molecule has 2 N–H and O–H groups in total. The molecule has 1 aliphatic heterocycles. The van der Waals surface area contributed by atoms with Gasteiger partial charge in [0.2, 0.25) is 5.82 Å². The monoisotopic (exact) mass is 426 g/mol. The zero-order chi connectivity index (χ0) is 21.5. The number of benzene rings is 1. The van der Waals surface area contributed by atoms with Gasteiger partial charge in [0.1, 0.15) is 17.5 Å². The number of nitrogen functional groups attached to an aromatic ring is 1. The van der Waals surface area contributed by atoms with Crippen molar-refractivity contribution in [3.63, 3.8) is 0 Å². The van der Waals surface area contributed by atoms with Crippen LogP contribution in [0, 0.1) is 17.5 Å². The van der Waals surface area contributed by atoms with Crippen molar-refractivity contribution in [2.45, 2.75) is 13.0 Å². The van der Waals surface area contributed by atoms with Crippen LogP contribution in [0.25, 0.3) is 22.8 Å². The van der Waals surface area contributed by atoms with Crippen LogP contribution in [-0.2, 0) is 6.54 Å². The molecular weight excluding hydrogens is 409 g/mol. The second-order valence-electron chi connectivity index (χ2n) is 7.25. The number of halogens is 3. The molecule has 31 heavy (non-hydrogen) atoms. The molecule has 10 heteroatoms. The number of nitrogens with zero attached hydrogens (tertiary/aromatic N) is 5. The Morgan fingerprint density at radius 3 is 2.61 bits per heavy atom. The van der Waals surface area contributed by atoms with Gasteiger partial charge in [-0.15, -0.1) is 5.10 Å². The third kappa shape index (κ3) is 3.66. The zero-order valence-electron chi connectivity index (χ0n) is 16.2. The molecule has 158 valence electrons. The summed E-state index contributed by atoms with van der Waals surface area (Å²) in [7, 11) is 0. The fourth-order valence-electron chi connectivity index (χ4n) is 3.61. The highest BCUT2D eigenvalue weighted by atomic mass is 19.1. The Labute approximate surface area is 174 Å². The van der Waals surface area contributed by atoms with Crippen LogP contribution < -0.4 is 5.73 Å². The van der Waals surface area contributed by atoms with Crippen LogP contribution in [0.2, 0.25) is 0 Å². The SMILES string of the molecule is Nc1nc(C2=CCN(Cc3c(F)cc(F)cc3F)CC2)cn2nc(-c3ccco3)nc12. The number of hydrogen-bond donors (Lipinski definition) is 1. The molecule has 0 fully saturated rings. The minimum absolute atomic E-state index is 0.0475. The van der Waals surface area contributed by atoms with Gasteiger partial charge in [-0.3, -0.25) is 4.90 Å². The summed E-state index contributed by atoms with van der Waals surface area (Å²) >= 11 is 0. The smallest absolute Gasteiger partial charge is 0.218 e. The third-order valence-electron chi connectivity index (χ3n) is 5.20. The molecule has 5 rings (SSSR count). The van der Waals surface area contributed by atoms with Gasteiger partial charge in [-0.25, -0.2) is 27.7 Å². The predicted molar refractivity (Wildman–Crippen MR) is 107 cm³/mol. The summed E-state index contributed by atoms with van der Waals surface area (Å²) < 4.78 is 47.9. The number of fused-ring (bicyclic) bond motifs is 1. The second-order valence-corrected chi connectivity index (χ2v) is 7.25. The molecule has 7 nitrogen and oxygen atoms in total. The van der Waals surface area contributed by atoms with Gasteiger partial charge in [0.25, 0.3) is 0 Å². The summed E-state index contributed by atoms with van der Waals surface area (Å²) in [4.78, 5) is 10.7. The quantitative estimate of drug-likeness (QED) is 0.536. The van der Waals surface area contributed by atoms with E-state index in [4.69, 9.17) is 10.2 Å². The van der Waals surface area contributed by atoms with E-state index >= 15 is 0 Å². The molecule has 0 bridgehead atoms. The number of rotatable bonds is 4. The van der Waals surface area contributed by atoms with E-state index in [0.717, 1.165) is 5.57 Å². The summed E-state index contributed by atoms with van der Waals surface area (Å²) in [6, 6.07) is 4.89. The van der Waals surface area contributed by atoms with Crippen molar-refractivity contribution in [3.8, 4) is 11.6 Å². The summed E-state index contributed by atoms with van der Waals surface area (Å²) in [5, 5.41) is 4.41. The molecule has 0 unspecified atom stereocenters. The summed E-state index contributed by atoms with van der Waals surface area (Å²) in [6.07, 6.45) is 5.81. The highest BCUT2D eigenvalue weighted by Crippen LogP contribution is 2.26. The van der Waals surface area contributed by atoms with Gasteiger partial charge in [0.15, 0.2) is 17.2 Å². The molecule has 0 saturated heterocycles. The number of aromatic nitrogens is 4. The molecular formula is C21H17F3N6O. The molecule has 0 spiro atoms. The average molecular weight is 426 g/mol. The first-order chi connectivity index (χ1) is 15.0. The predicted octanol–water partition coefficient (Wildman–Crippen LogP) is 3.67. The maximum atomic E-state index is 13.9. The van der Waals surface area contributed by atoms with Gasteiger partial charge in [0.05, 0.1) is 18.2 Å². The summed E-state index contributed by atoms with van der Waals surface area (Å²) in [5.41, 5.74) is 7.97. The maximum absolute atomic E-state index is 13.9. The van der Waals surface area contributed by atoms with Crippen molar-refractivity contribution in [1.29, 1.82) is 0 Å². The summed E-state index contributed by atoms with van der Waals surface area (Å²) in [6.45, 7) is 1.06. The van der Waals surface area contributed by atoms with E-state index in [1.54, 1.807) is 22.8 Å². The van der Waals surface area contributed by atoms with E-state index in [-0.39, 0.29) is 17.9 Å². The minimum atomic E-state index is -0.929. The van der Waals surface area contributed by atoms with Gasteiger partial charge in [-0.05, 0) is 24.1 Å². The van der Waals surface area contributed by atoms with E-state index < -0.39 is 17.5 Å². The molecule has 0 atom stereocenters. The molecule has 3 aromatic heterocycles. The largest absolute Gasteiger partial charge is 0.461 e. The van der Waals surface area contributed by atoms with Crippen molar-refractivity contribution < 1.29 is 17.6 Å². The molecule has 1 aromatic carbocycles. The Morgan fingerprint density at radius 1 is 1.13 bits per heavy atom. The van der Waals surface area contributed by atoms with Crippen molar-refractivity contribution in [1.82, 2.24) is 24.5 Å². The third-order valence-corrected chi connectivity index (χ3v) is 5.20. The lowest BCUT2D eigenvalue weighted by molar-refractivity contribution is 0.283. The lowest BCUT2D eigenvalue weighted by Crippen LogP contribution is -2.29. The molecule has 4 aromatic rings. The Hall–Kier alpha value is -3.66. The number of anilines is 1. The van der Waals surface area contributed by atoms with Crippen molar-refractivity contribution in [2.24, 2.45) is 0 Å². The summed E-state index contributed by atoms with van der Waals surface area (Å²) in [5.74, 6) is -1.53. The lowest BCUT2D eigenvalue weighted by Gasteiger charge is -2.26. The van der Waals surface area contributed by atoms with Crippen LogP contribution in [0.1, 0.15) is 17.7 Å². The Balaban J connectivity index is 1.37. The van der Waals surface area contributed by atoms with Crippen LogP contribution >= 0.6 is 0 Å². The van der Waals surface area contributed by atoms with Gasteiger partial charge >= 0.3 is 0 Å². The number of hydrogen-bond acceptors (Lipinski definition) is 6. The van der Waals surface area contributed by atoms with Crippen molar-refractivity contribution in [3.05, 3.63) is 71.5 Å². The fraction of sp³-hybridized carbons (Fsp3) is 0.190. The Morgan fingerprint density at radius 2 is 1.94 bits per heavy atom. The van der Waals surface area contributed by atoms with Crippen molar-refractivity contribution >= 4 is 17.0 Å². The van der Waals surface area contributed by atoms with Crippen LogP contribution in [0.5, 0.6) is 0 Å². The first-order valence-electron chi connectivity index (χ1n) is 9.60. The molecule has 4 heterocycles. The van der Waals surface area contributed by atoms with Gasteiger partial charge < -0.3 is 10.2 Å². The fourth-order valence-corrected chi connectivity index (χ4v) is 3.61. The second kappa shape index (κ2) is 7.55. The van der Waals surface area contributed by atoms with E-state index in [0.29, 0.717) is 54.6 Å². The average Bonchev–Trinajstić information content (AvgIpc) is 3.41. The molecule has 0 saturated carbocycles. The van der Waals surface area contributed by atoms with Crippen molar-refractivity contribution in [2.75, 3.05) is 18.8 Å². The maximum Gasteiger partial charge on any atom is 0.218 e. The normalized spacial score (nSPS) is 14.9. The van der Waals surface area contributed by atoms with Gasteiger partial charge in [-0.2, -0.15) is 0 Å². The molecule has 1 aliphatic rings. The minimum Gasteiger partial charge on any atom is -0.461 e. The highest BCUT2D eigenvalue weighted by molar-refractivity contribution is 5.69. The lowest BCUT2D eigenvalue weighted by atomic mass is 10.0. The number of furan rings is 1. The van der Waals surface area contributed by atoms with E-state index in [9.17, 15) is 13.2 Å². The highest BCUT2D eigenvalue weighted by Gasteiger charge is 2.20. The number of nitrogens with two attached hydrogens (primary N) is 1. The molecule has 0 aliphatic carbocycles. The van der Waals surface area contributed by atoms with E-state index in [1.165, 1.54) is 6.26 Å².